The molecule has 1 aliphatic carbocycles. The Bertz CT molecular complexity index is 893. The third-order valence-electron chi connectivity index (χ3n) is 5.66. The molecular formula is C20H22FN3O3. The van der Waals surface area contributed by atoms with Gasteiger partial charge in [0, 0.05) is 17.5 Å². The quantitative estimate of drug-likeness (QED) is 0.837. The van der Waals surface area contributed by atoms with Crippen LogP contribution in [0.4, 0.5) is 10.2 Å². The number of primary amides is 1. The molecule has 1 aromatic heterocycles. The predicted octanol–water partition coefficient (Wildman–Crippen LogP) is 3.73. The molecule has 0 spiro atoms. The van der Waals surface area contributed by atoms with Crippen LogP contribution < -0.4 is 15.8 Å². The molecule has 1 aromatic carbocycles. The second-order valence-corrected chi connectivity index (χ2v) is 7.89. The summed E-state index contributed by atoms with van der Waals surface area (Å²) < 4.78 is 19.1. The molecule has 2 amide bonds. The summed E-state index contributed by atoms with van der Waals surface area (Å²) in [6, 6.07) is 6.72. The molecule has 1 fully saturated rings. The lowest BCUT2D eigenvalue weighted by molar-refractivity contribution is -0.118. The Morgan fingerprint density at radius 1 is 1.11 bits per heavy atom. The van der Waals surface area contributed by atoms with E-state index in [1.807, 2.05) is 0 Å². The highest BCUT2D eigenvalue weighted by atomic mass is 19.1. The minimum Gasteiger partial charge on any atom is -0.456 e. The molecule has 27 heavy (non-hydrogen) atoms. The van der Waals surface area contributed by atoms with Crippen LogP contribution in [0.15, 0.2) is 36.5 Å². The molecule has 1 aliphatic rings. The van der Waals surface area contributed by atoms with Gasteiger partial charge in [-0.25, -0.2) is 9.37 Å². The van der Waals surface area contributed by atoms with E-state index in [1.54, 1.807) is 12.1 Å². The molecule has 1 saturated carbocycles. The molecule has 142 valence electrons. The van der Waals surface area contributed by atoms with Crippen molar-refractivity contribution < 1.29 is 18.7 Å². The van der Waals surface area contributed by atoms with Gasteiger partial charge in [0.25, 0.3) is 0 Å². The Hall–Kier alpha value is -2.96. The fraction of sp³-hybridized carbons (Fsp3) is 0.350. The summed E-state index contributed by atoms with van der Waals surface area (Å²) in [5.74, 6) is -0.660. The molecule has 7 heteroatoms. The first kappa shape index (κ1) is 18.8. The lowest BCUT2D eigenvalue weighted by Gasteiger charge is -2.09. The highest BCUT2D eigenvalue weighted by Crippen LogP contribution is 2.68. The largest absolute Gasteiger partial charge is 0.456 e. The van der Waals surface area contributed by atoms with Gasteiger partial charge in [-0.1, -0.05) is 27.7 Å². The number of anilines is 1. The number of hydrogen-bond acceptors (Lipinski definition) is 4. The Morgan fingerprint density at radius 3 is 2.30 bits per heavy atom. The van der Waals surface area contributed by atoms with Crippen molar-refractivity contribution in [3.05, 3.63) is 47.9 Å². The molecule has 0 atom stereocenters. The molecular weight excluding hydrogens is 349 g/mol. The van der Waals surface area contributed by atoms with E-state index in [9.17, 15) is 14.0 Å². The smallest absolute Gasteiger partial charge is 0.248 e. The number of halogens is 1. The lowest BCUT2D eigenvalue weighted by atomic mass is 10.0. The number of hydrogen-bond donors (Lipinski definition) is 2. The molecule has 6 nitrogen and oxygen atoms in total. The maximum absolute atomic E-state index is 13.6. The highest BCUT2D eigenvalue weighted by molar-refractivity contribution is 5.95. The molecule has 0 saturated heterocycles. The van der Waals surface area contributed by atoms with Crippen LogP contribution in [0, 0.1) is 22.6 Å². The monoisotopic (exact) mass is 371 g/mol. The number of carbonyl (C=O) groups is 2. The van der Waals surface area contributed by atoms with Crippen LogP contribution >= 0.6 is 0 Å². The van der Waals surface area contributed by atoms with E-state index in [0.717, 1.165) is 12.1 Å². The molecule has 0 bridgehead atoms. The van der Waals surface area contributed by atoms with Gasteiger partial charge in [0.15, 0.2) is 0 Å². The van der Waals surface area contributed by atoms with Gasteiger partial charge in [-0.2, -0.15) is 0 Å². The first-order valence-electron chi connectivity index (χ1n) is 8.57. The molecule has 0 unspecified atom stereocenters. The molecule has 1 heterocycles. The number of amides is 2. The van der Waals surface area contributed by atoms with Crippen molar-refractivity contribution in [2.75, 3.05) is 5.32 Å². The van der Waals surface area contributed by atoms with Crippen molar-refractivity contribution in [3.63, 3.8) is 0 Å². The summed E-state index contributed by atoms with van der Waals surface area (Å²) in [4.78, 5) is 27.8. The number of nitrogens with one attached hydrogen (secondary N) is 1. The van der Waals surface area contributed by atoms with E-state index < -0.39 is 11.7 Å². The maximum atomic E-state index is 13.6. The van der Waals surface area contributed by atoms with Gasteiger partial charge in [-0.3, -0.25) is 9.59 Å². The van der Waals surface area contributed by atoms with Crippen LogP contribution in [-0.4, -0.2) is 16.8 Å². The van der Waals surface area contributed by atoms with E-state index in [4.69, 9.17) is 10.5 Å². The summed E-state index contributed by atoms with van der Waals surface area (Å²) >= 11 is 0. The van der Waals surface area contributed by atoms with Gasteiger partial charge in [-0.15, -0.1) is 0 Å². The summed E-state index contributed by atoms with van der Waals surface area (Å²) in [6.45, 7) is 8.28. The topological polar surface area (TPSA) is 94.3 Å². The second-order valence-electron chi connectivity index (χ2n) is 7.89. The minimum absolute atomic E-state index is 0.0107. The Morgan fingerprint density at radius 2 is 1.78 bits per heavy atom. The first-order valence-corrected chi connectivity index (χ1v) is 8.57. The maximum Gasteiger partial charge on any atom is 0.248 e. The summed E-state index contributed by atoms with van der Waals surface area (Å²) in [5.41, 5.74) is 5.06. The number of rotatable bonds is 5. The van der Waals surface area contributed by atoms with Gasteiger partial charge >= 0.3 is 0 Å². The fourth-order valence-corrected chi connectivity index (χ4v) is 3.46. The van der Waals surface area contributed by atoms with Gasteiger partial charge < -0.3 is 15.8 Å². The van der Waals surface area contributed by atoms with Crippen molar-refractivity contribution in [2.24, 2.45) is 22.5 Å². The lowest BCUT2D eigenvalue weighted by Crippen LogP contribution is -2.18. The number of pyridine rings is 1. The zero-order valence-electron chi connectivity index (χ0n) is 15.7. The van der Waals surface area contributed by atoms with E-state index >= 15 is 0 Å². The number of benzene rings is 1. The van der Waals surface area contributed by atoms with Crippen LogP contribution in [0.3, 0.4) is 0 Å². The highest BCUT2D eigenvalue weighted by Gasteiger charge is 2.68. The predicted molar refractivity (Wildman–Crippen MR) is 98.9 cm³/mol. The van der Waals surface area contributed by atoms with E-state index in [2.05, 4.69) is 38.0 Å². The van der Waals surface area contributed by atoms with Gasteiger partial charge in [0.05, 0.1) is 6.20 Å². The minimum atomic E-state index is -0.749. The molecule has 0 radical (unpaired) electrons. The zero-order valence-corrected chi connectivity index (χ0v) is 15.7. The Balaban J connectivity index is 1.68. The third kappa shape index (κ3) is 3.49. The average Bonchev–Trinajstić information content (AvgIpc) is 2.98. The van der Waals surface area contributed by atoms with Crippen LogP contribution in [0.25, 0.3) is 0 Å². The van der Waals surface area contributed by atoms with Gasteiger partial charge in [0.2, 0.25) is 11.8 Å². The molecule has 3 N–H and O–H groups in total. The van der Waals surface area contributed by atoms with E-state index in [-0.39, 0.29) is 34.0 Å². The third-order valence-corrected chi connectivity index (χ3v) is 5.66. The summed E-state index contributed by atoms with van der Waals surface area (Å²) in [5, 5.41) is 2.81. The van der Waals surface area contributed by atoms with Gasteiger partial charge in [-0.05, 0) is 35.1 Å². The summed E-state index contributed by atoms with van der Waals surface area (Å²) in [6.07, 6.45) is 1.41. The average molecular weight is 371 g/mol. The number of carbonyl (C=O) groups excluding carboxylic acids is 2. The Labute approximate surface area is 156 Å². The normalized spacial score (nSPS) is 17.2. The van der Waals surface area contributed by atoms with E-state index in [1.165, 1.54) is 12.3 Å². The summed E-state index contributed by atoms with van der Waals surface area (Å²) in [7, 11) is 0. The van der Waals surface area contributed by atoms with Crippen LogP contribution in [-0.2, 0) is 4.79 Å². The first-order chi connectivity index (χ1) is 12.5. The Kier molecular flexibility index (Phi) is 4.41. The number of nitrogens with zero attached hydrogens (tertiary/aromatic N) is 1. The van der Waals surface area contributed by atoms with E-state index in [0.29, 0.717) is 11.6 Å². The second kappa shape index (κ2) is 6.33. The van der Waals surface area contributed by atoms with Crippen molar-refractivity contribution in [1.29, 1.82) is 0 Å². The van der Waals surface area contributed by atoms with Crippen molar-refractivity contribution in [1.82, 2.24) is 4.98 Å². The zero-order chi connectivity index (χ0) is 20.0. The standard InChI is InChI=1S/C20H22FN3O3/c1-19(2)16(20(19,3)4)18(26)24-15-6-5-13(10-23-15)27-14-8-11(17(22)25)7-12(21)9-14/h5-10,16H,1-4H3,(H2,22,25)(H,23,24,26). The number of ether oxygens (including phenoxy) is 1. The van der Waals surface area contributed by atoms with Crippen molar-refractivity contribution in [2.45, 2.75) is 27.7 Å². The molecule has 2 aromatic rings. The van der Waals surface area contributed by atoms with Crippen LogP contribution in [0.5, 0.6) is 11.5 Å². The fourth-order valence-electron chi connectivity index (χ4n) is 3.46. The van der Waals surface area contributed by atoms with Crippen molar-refractivity contribution >= 4 is 17.6 Å². The van der Waals surface area contributed by atoms with Gasteiger partial charge in [0.1, 0.15) is 23.1 Å². The molecule has 3 rings (SSSR count). The van der Waals surface area contributed by atoms with Crippen LogP contribution in [0.2, 0.25) is 0 Å². The SMILES string of the molecule is CC1(C)C(C(=O)Nc2ccc(Oc3cc(F)cc(C(N)=O)c3)cn2)C1(C)C. The van der Waals surface area contributed by atoms with Crippen molar-refractivity contribution in [3.8, 4) is 11.5 Å². The number of nitrogens with two attached hydrogens (primary N) is 1. The molecule has 0 aliphatic heterocycles. The number of aromatic nitrogens is 1. The van der Waals surface area contributed by atoms with Crippen LogP contribution in [0.1, 0.15) is 38.1 Å².